The summed E-state index contributed by atoms with van der Waals surface area (Å²) in [6, 6.07) is 44.8. The van der Waals surface area contributed by atoms with Gasteiger partial charge in [-0.3, -0.25) is 4.79 Å². The molecule has 0 aromatic heterocycles. The predicted molar refractivity (Wildman–Crippen MR) is 231 cm³/mol. The molecule has 0 spiro atoms. The highest BCUT2D eigenvalue weighted by Gasteiger charge is 2.29. The number of carbonyl (C=O) groups excluding carboxylic acids is 3. The Morgan fingerprint density at radius 2 is 0.887 bits per heavy atom. The van der Waals surface area contributed by atoms with Gasteiger partial charge >= 0.3 is 18.2 Å². The molecule has 13 heteroatoms. The second kappa shape index (κ2) is 22.5. The molecule has 6 aromatic carbocycles. The van der Waals surface area contributed by atoms with Crippen LogP contribution in [-0.4, -0.2) is 48.3 Å². The highest BCUT2D eigenvalue weighted by molar-refractivity contribution is 5.89. The van der Waals surface area contributed by atoms with Gasteiger partial charge in [-0.25, -0.2) is 14.4 Å². The van der Waals surface area contributed by atoms with Crippen LogP contribution in [0.4, 0.5) is 9.59 Å². The topological polar surface area (TPSA) is 171 Å². The largest absolute Gasteiger partial charge is 0.485 e. The number of hydrogen-bond donors (Lipinski definition) is 4. The van der Waals surface area contributed by atoms with Gasteiger partial charge in [0, 0.05) is 19.9 Å². The number of benzene rings is 6. The Morgan fingerprint density at radius 1 is 0.468 bits per heavy atom. The predicted octanol–water partition coefficient (Wildman–Crippen LogP) is 7.79. The van der Waals surface area contributed by atoms with Gasteiger partial charge in [0.05, 0.1) is 0 Å². The van der Waals surface area contributed by atoms with E-state index < -0.39 is 36.1 Å². The number of carboxylic acid groups (broad SMARTS) is 1. The van der Waals surface area contributed by atoms with E-state index in [2.05, 4.69) is 16.0 Å². The van der Waals surface area contributed by atoms with E-state index in [0.29, 0.717) is 22.6 Å². The lowest BCUT2D eigenvalue weighted by molar-refractivity contribution is -0.142. The monoisotopic (exact) mass is 837 g/mol. The first-order valence-corrected chi connectivity index (χ1v) is 19.9. The third kappa shape index (κ3) is 13.6. The quantitative estimate of drug-likeness (QED) is 0.0595. The molecule has 318 valence electrons. The summed E-state index contributed by atoms with van der Waals surface area (Å²) in [7, 11) is 1.40. The molecule has 2 atom stereocenters. The molecule has 0 saturated heterocycles. The van der Waals surface area contributed by atoms with E-state index in [0.717, 1.165) is 22.3 Å². The highest BCUT2D eigenvalue weighted by atomic mass is 16.6. The summed E-state index contributed by atoms with van der Waals surface area (Å²) in [5.41, 5.74) is 4.49. The van der Waals surface area contributed by atoms with Gasteiger partial charge in [0.25, 0.3) is 0 Å². The summed E-state index contributed by atoms with van der Waals surface area (Å²) in [6.45, 7) is 0.636. The van der Waals surface area contributed by atoms with Crippen LogP contribution >= 0.6 is 0 Å². The molecule has 0 fully saturated rings. The van der Waals surface area contributed by atoms with Crippen LogP contribution in [0.25, 0.3) is 0 Å². The van der Waals surface area contributed by atoms with Crippen molar-refractivity contribution in [1.29, 1.82) is 0 Å². The van der Waals surface area contributed by atoms with Crippen molar-refractivity contribution in [2.45, 2.75) is 51.4 Å². The van der Waals surface area contributed by atoms with E-state index in [9.17, 15) is 24.3 Å². The number of aliphatic carboxylic acids is 1. The number of alkyl carbamates (subject to hydrolysis) is 1. The number of hydrogen-bond acceptors (Lipinski definition) is 9. The maximum Gasteiger partial charge on any atom is 0.412 e. The van der Waals surface area contributed by atoms with E-state index in [1.54, 1.807) is 42.5 Å². The molecule has 0 aliphatic carbocycles. The molecule has 4 N–H and O–H groups in total. The Hall–Kier alpha value is -7.80. The van der Waals surface area contributed by atoms with Crippen LogP contribution in [0.5, 0.6) is 23.0 Å². The number of carboxylic acids is 1. The fourth-order valence-corrected chi connectivity index (χ4v) is 6.21. The number of carbonyl (C=O) groups is 4. The summed E-state index contributed by atoms with van der Waals surface area (Å²) >= 11 is 0. The average molecular weight is 838 g/mol. The molecule has 0 aliphatic heterocycles. The zero-order valence-corrected chi connectivity index (χ0v) is 34.0. The van der Waals surface area contributed by atoms with Crippen LogP contribution in [0.15, 0.2) is 158 Å². The molecule has 0 radical (unpaired) electrons. The SMILES string of the molecule is CNC(=O)Oc1cc(C[C@H](NC(=O)[C@H](Cc2ccc(OCc3ccccc3)c(OCc3ccccc3)c2)NC(=O)OCc2ccccc2)C(=O)O)ccc1OCc1ccccc1. The van der Waals surface area contributed by atoms with E-state index in [4.69, 9.17) is 23.7 Å². The van der Waals surface area contributed by atoms with Crippen LogP contribution in [-0.2, 0) is 53.6 Å². The Kier molecular flexibility index (Phi) is 15.9. The minimum absolute atomic E-state index is 0.0513. The lowest BCUT2D eigenvalue weighted by atomic mass is 10.0. The van der Waals surface area contributed by atoms with Crippen LogP contribution in [0, 0.1) is 0 Å². The molecule has 0 saturated carbocycles. The normalized spacial score (nSPS) is 11.6. The van der Waals surface area contributed by atoms with Gasteiger partial charge in [-0.1, -0.05) is 133 Å². The third-order valence-corrected chi connectivity index (χ3v) is 9.45. The van der Waals surface area contributed by atoms with Crippen LogP contribution in [0.2, 0.25) is 0 Å². The summed E-state index contributed by atoms with van der Waals surface area (Å²) in [5.74, 6) is -0.947. The molecular formula is C49H47N3O10. The van der Waals surface area contributed by atoms with Crippen molar-refractivity contribution in [3.05, 3.63) is 191 Å². The molecule has 0 unspecified atom stereocenters. The zero-order valence-electron chi connectivity index (χ0n) is 34.0. The minimum Gasteiger partial charge on any atom is -0.485 e. The van der Waals surface area contributed by atoms with E-state index in [-0.39, 0.29) is 50.8 Å². The number of nitrogens with one attached hydrogen (secondary N) is 3. The van der Waals surface area contributed by atoms with Crippen molar-refractivity contribution in [2.75, 3.05) is 7.05 Å². The summed E-state index contributed by atoms with van der Waals surface area (Å²) in [5, 5.41) is 18.0. The number of ether oxygens (including phenoxy) is 5. The standard InChI is InChI=1S/C49H47N3O10/c1-50-48(56)62-45-29-39(23-25-43(45)59-31-35-16-8-3-9-17-35)27-41(47(54)55)51-46(53)40(52-49(57)61-33-37-20-12-5-13-21-37)26-38-22-24-42(58-30-34-14-6-2-7-15-34)44(28-38)60-32-36-18-10-4-11-19-36/h2-25,28-29,40-41H,26-27,30-33H2,1H3,(H,50,56)(H,51,53)(H,52,57)(H,54,55)/t40-,41-/m0/s1. The number of amides is 3. The maximum absolute atomic E-state index is 14.1. The fourth-order valence-electron chi connectivity index (χ4n) is 6.21. The lowest BCUT2D eigenvalue weighted by Gasteiger charge is -2.22. The van der Waals surface area contributed by atoms with Crippen molar-refractivity contribution < 1.29 is 48.0 Å². The first-order valence-electron chi connectivity index (χ1n) is 19.9. The first kappa shape index (κ1) is 43.8. The summed E-state index contributed by atoms with van der Waals surface area (Å²) < 4.78 is 29.3. The summed E-state index contributed by atoms with van der Waals surface area (Å²) in [6.07, 6.45) is -1.92. The fraction of sp³-hybridized carbons (Fsp3) is 0.184. The Balaban J connectivity index is 1.22. The van der Waals surface area contributed by atoms with Gasteiger partial charge in [0.15, 0.2) is 23.0 Å². The van der Waals surface area contributed by atoms with E-state index >= 15 is 0 Å². The van der Waals surface area contributed by atoms with Crippen LogP contribution in [0.1, 0.15) is 33.4 Å². The van der Waals surface area contributed by atoms with Gasteiger partial charge < -0.3 is 44.7 Å². The second-order valence-corrected chi connectivity index (χ2v) is 14.1. The van der Waals surface area contributed by atoms with Crippen LogP contribution in [0.3, 0.4) is 0 Å². The smallest absolute Gasteiger partial charge is 0.412 e. The minimum atomic E-state index is -1.46. The first-order chi connectivity index (χ1) is 30.2. The molecule has 6 rings (SSSR count). The summed E-state index contributed by atoms with van der Waals surface area (Å²) in [4.78, 5) is 52.3. The van der Waals surface area contributed by atoms with Crippen LogP contribution < -0.4 is 34.9 Å². The molecule has 0 heterocycles. The van der Waals surface area contributed by atoms with Gasteiger partial charge in [-0.15, -0.1) is 0 Å². The maximum atomic E-state index is 14.1. The van der Waals surface area contributed by atoms with Crippen molar-refractivity contribution in [3.8, 4) is 23.0 Å². The molecule has 13 nitrogen and oxygen atoms in total. The Labute approximate surface area is 359 Å². The molecule has 3 amide bonds. The molecule has 6 aromatic rings. The highest BCUT2D eigenvalue weighted by Crippen LogP contribution is 2.32. The van der Waals surface area contributed by atoms with E-state index in [1.807, 2.05) is 109 Å². The third-order valence-electron chi connectivity index (χ3n) is 9.45. The van der Waals surface area contributed by atoms with Gasteiger partial charge in [0.2, 0.25) is 5.91 Å². The molecule has 62 heavy (non-hydrogen) atoms. The Morgan fingerprint density at radius 3 is 1.35 bits per heavy atom. The molecular weight excluding hydrogens is 791 g/mol. The van der Waals surface area contributed by atoms with Gasteiger partial charge in [0.1, 0.15) is 38.5 Å². The van der Waals surface area contributed by atoms with Crippen molar-refractivity contribution in [1.82, 2.24) is 16.0 Å². The molecule has 0 bridgehead atoms. The van der Waals surface area contributed by atoms with Crippen molar-refractivity contribution in [2.24, 2.45) is 0 Å². The van der Waals surface area contributed by atoms with Crippen molar-refractivity contribution in [3.63, 3.8) is 0 Å². The Bertz CT molecular complexity index is 2380. The second-order valence-electron chi connectivity index (χ2n) is 14.1. The lowest BCUT2D eigenvalue weighted by Crippen LogP contribution is -2.53. The van der Waals surface area contributed by atoms with Crippen molar-refractivity contribution >= 4 is 24.1 Å². The zero-order chi connectivity index (χ0) is 43.5. The average Bonchev–Trinajstić information content (AvgIpc) is 3.30. The van der Waals surface area contributed by atoms with Gasteiger partial charge in [-0.05, 0) is 57.6 Å². The van der Waals surface area contributed by atoms with Gasteiger partial charge in [-0.2, -0.15) is 0 Å². The molecule has 0 aliphatic rings. The number of rotatable bonds is 20. The van der Waals surface area contributed by atoms with E-state index in [1.165, 1.54) is 13.1 Å².